The summed E-state index contributed by atoms with van der Waals surface area (Å²) in [5.41, 5.74) is -0.217. The van der Waals surface area contributed by atoms with Crippen molar-refractivity contribution in [3.05, 3.63) is 32.8 Å². The first-order valence-corrected chi connectivity index (χ1v) is 4.79. The van der Waals surface area contributed by atoms with Crippen LogP contribution < -0.4 is 0 Å². The van der Waals surface area contributed by atoms with E-state index in [0.29, 0.717) is 5.56 Å². The molecule has 1 rings (SSSR count). The van der Waals surface area contributed by atoms with E-state index in [2.05, 4.69) is 0 Å². The number of nitro groups is 1. The van der Waals surface area contributed by atoms with E-state index in [0.717, 1.165) is 0 Å². The normalized spacial score (nSPS) is 11.5. The molecule has 82 valence electrons. The lowest BCUT2D eigenvalue weighted by atomic mass is 9.86. The van der Waals surface area contributed by atoms with E-state index >= 15 is 0 Å². The van der Waals surface area contributed by atoms with Crippen LogP contribution in [0.2, 0.25) is 5.02 Å². The van der Waals surface area contributed by atoms with Gasteiger partial charge in [-0.15, -0.1) is 0 Å². The Kier molecular flexibility index (Phi) is 2.90. The van der Waals surface area contributed by atoms with E-state index in [4.69, 9.17) is 11.6 Å². The zero-order valence-electron chi connectivity index (χ0n) is 8.74. The monoisotopic (exact) mass is 229 g/mol. The molecule has 0 spiro atoms. The van der Waals surface area contributed by atoms with Gasteiger partial charge in [0, 0.05) is 11.6 Å². The summed E-state index contributed by atoms with van der Waals surface area (Å²) in [7, 11) is 0. The van der Waals surface area contributed by atoms with Crippen molar-refractivity contribution in [1.82, 2.24) is 0 Å². The molecule has 0 aliphatic heterocycles. The van der Waals surface area contributed by atoms with Crippen molar-refractivity contribution in [3.63, 3.8) is 0 Å². The van der Waals surface area contributed by atoms with Crippen LogP contribution in [0.1, 0.15) is 26.3 Å². The third-order valence-electron chi connectivity index (χ3n) is 2.05. The number of phenolic OH excluding ortho intramolecular Hbond substituents is 1. The minimum absolute atomic E-state index is 0.00694. The van der Waals surface area contributed by atoms with Gasteiger partial charge in [0.25, 0.3) is 5.69 Å². The largest absolute Gasteiger partial charge is 0.508 e. The number of benzene rings is 1. The summed E-state index contributed by atoms with van der Waals surface area (Å²) in [5, 5.41) is 20.3. The molecule has 0 amide bonds. The van der Waals surface area contributed by atoms with Crippen molar-refractivity contribution in [2.45, 2.75) is 26.2 Å². The lowest BCUT2D eigenvalue weighted by Crippen LogP contribution is -2.12. The van der Waals surface area contributed by atoms with Crippen molar-refractivity contribution < 1.29 is 10.0 Å². The Hall–Kier alpha value is -1.29. The van der Waals surface area contributed by atoms with E-state index in [1.807, 2.05) is 20.8 Å². The molecule has 0 unspecified atom stereocenters. The van der Waals surface area contributed by atoms with Crippen molar-refractivity contribution in [1.29, 1.82) is 0 Å². The highest BCUT2D eigenvalue weighted by Gasteiger charge is 2.27. The van der Waals surface area contributed by atoms with Crippen LogP contribution in [0.15, 0.2) is 12.1 Å². The molecule has 5 heteroatoms. The summed E-state index contributed by atoms with van der Waals surface area (Å²) in [6.45, 7) is 5.49. The van der Waals surface area contributed by atoms with Crippen molar-refractivity contribution in [2.75, 3.05) is 0 Å². The van der Waals surface area contributed by atoms with Gasteiger partial charge in [-0.2, -0.15) is 0 Å². The van der Waals surface area contributed by atoms with Gasteiger partial charge < -0.3 is 5.11 Å². The number of phenols is 1. The van der Waals surface area contributed by atoms with E-state index in [1.54, 1.807) is 0 Å². The van der Waals surface area contributed by atoms with Gasteiger partial charge in [-0.3, -0.25) is 10.1 Å². The number of halogens is 1. The Balaban J connectivity index is 3.51. The van der Waals surface area contributed by atoms with Gasteiger partial charge >= 0.3 is 0 Å². The van der Waals surface area contributed by atoms with Crippen molar-refractivity contribution in [2.24, 2.45) is 0 Å². The van der Waals surface area contributed by atoms with Gasteiger partial charge in [0.1, 0.15) is 10.8 Å². The third-order valence-corrected chi connectivity index (χ3v) is 2.43. The fourth-order valence-corrected chi connectivity index (χ4v) is 1.92. The second kappa shape index (κ2) is 3.70. The number of hydrogen-bond acceptors (Lipinski definition) is 3. The molecule has 0 radical (unpaired) electrons. The second-order valence-electron chi connectivity index (χ2n) is 4.30. The zero-order valence-corrected chi connectivity index (χ0v) is 9.50. The molecular weight excluding hydrogens is 218 g/mol. The number of nitro benzene ring substituents is 1. The molecular formula is C10H12ClNO3. The lowest BCUT2D eigenvalue weighted by molar-refractivity contribution is -0.384. The molecule has 1 aromatic carbocycles. The van der Waals surface area contributed by atoms with Crippen LogP contribution in [0.4, 0.5) is 5.69 Å². The Morgan fingerprint density at radius 1 is 1.40 bits per heavy atom. The van der Waals surface area contributed by atoms with Gasteiger partial charge in [-0.05, 0) is 11.5 Å². The number of rotatable bonds is 1. The minimum atomic E-state index is -0.559. The van der Waals surface area contributed by atoms with Gasteiger partial charge in [-0.25, -0.2) is 0 Å². The van der Waals surface area contributed by atoms with Crippen LogP contribution >= 0.6 is 11.6 Å². The molecule has 0 saturated heterocycles. The van der Waals surface area contributed by atoms with Gasteiger partial charge in [0.15, 0.2) is 0 Å². The summed E-state index contributed by atoms with van der Waals surface area (Å²) < 4.78 is 0. The standard InChI is InChI=1S/C10H12ClNO3/c1-10(2,3)8-7(13)5-4-6(9(8)11)12(14)15/h4-5,13H,1-3H3. The predicted octanol–water partition coefficient (Wildman–Crippen LogP) is 3.25. The quantitative estimate of drug-likeness (QED) is 0.594. The smallest absolute Gasteiger partial charge is 0.288 e. The molecule has 0 aromatic heterocycles. The highest BCUT2D eigenvalue weighted by molar-refractivity contribution is 6.33. The fraction of sp³-hybridized carbons (Fsp3) is 0.400. The highest BCUT2D eigenvalue weighted by Crippen LogP contribution is 2.41. The average molecular weight is 230 g/mol. The molecule has 0 atom stereocenters. The van der Waals surface area contributed by atoms with Crippen LogP contribution in [-0.2, 0) is 5.41 Å². The van der Waals surface area contributed by atoms with Crippen molar-refractivity contribution >= 4 is 17.3 Å². The number of hydrogen-bond donors (Lipinski definition) is 1. The van der Waals surface area contributed by atoms with Crippen LogP contribution in [0.25, 0.3) is 0 Å². The molecule has 15 heavy (non-hydrogen) atoms. The zero-order chi connectivity index (χ0) is 11.8. The van der Waals surface area contributed by atoms with E-state index in [9.17, 15) is 15.2 Å². The number of nitrogens with zero attached hydrogens (tertiary/aromatic N) is 1. The Labute approximate surface area is 92.6 Å². The van der Waals surface area contributed by atoms with E-state index in [-0.39, 0.29) is 16.5 Å². The van der Waals surface area contributed by atoms with Crippen molar-refractivity contribution in [3.8, 4) is 5.75 Å². The lowest BCUT2D eigenvalue weighted by Gasteiger charge is -2.21. The maximum Gasteiger partial charge on any atom is 0.288 e. The summed E-state index contributed by atoms with van der Waals surface area (Å²) in [6.07, 6.45) is 0. The maximum atomic E-state index is 10.7. The summed E-state index contributed by atoms with van der Waals surface area (Å²) >= 11 is 5.89. The van der Waals surface area contributed by atoms with Crippen LogP contribution in [0, 0.1) is 10.1 Å². The third kappa shape index (κ3) is 2.21. The molecule has 0 aliphatic carbocycles. The molecule has 0 saturated carbocycles. The Bertz CT molecular complexity index is 410. The first kappa shape index (κ1) is 11.8. The topological polar surface area (TPSA) is 63.4 Å². The maximum absolute atomic E-state index is 10.7. The summed E-state index contributed by atoms with van der Waals surface area (Å²) in [6, 6.07) is 2.50. The van der Waals surface area contributed by atoms with E-state index in [1.165, 1.54) is 12.1 Å². The van der Waals surface area contributed by atoms with Crippen LogP contribution in [0.3, 0.4) is 0 Å². The Morgan fingerprint density at radius 3 is 2.33 bits per heavy atom. The molecule has 0 fully saturated rings. The molecule has 0 aliphatic rings. The molecule has 0 bridgehead atoms. The molecule has 0 heterocycles. The SMILES string of the molecule is CC(C)(C)c1c(O)ccc([N+](=O)[O-])c1Cl. The molecule has 4 nitrogen and oxygen atoms in total. The first-order chi connectivity index (χ1) is 6.75. The van der Waals surface area contributed by atoms with Gasteiger partial charge in [0.05, 0.1) is 4.92 Å². The van der Waals surface area contributed by atoms with E-state index < -0.39 is 10.3 Å². The fourth-order valence-electron chi connectivity index (χ4n) is 1.41. The Morgan fingerprint density at radius 2 is 1.93 bits per heavy atom. The second-order valence-corrected chi connectivity index (χ2v) is 4.68. The van der Waals surface area contributed by atoms with Gasteiger partial charge in [0.2, 0.25) is 0 Å². The summed E-state index contributed by atoms with van der Waals surface area (Å²) in [5.74, 6) is -0.0156. The summed E-state index contributed by atoms with van der Waals surface area (Å²) in [4.78, 5) is 10.1. The first-order valence-electron chi connectivity index (χ1n) is 4.41. The number of aromatic hydroxyl groups is 1. The highest BCUT2D eigenvalue weighted by atomic mass is 35.5. The predicted molar refractivity (Wildman–Crippen MR) is 58.5 cm³/mol. The van der Waals surface area contributed by atoms with Crippen LogP contribution in [0.5, 0.6) is 5.75 Å². The average Bonchev–Trinajstić information content (AvgIpc) is 2.00. The molecule has 1 aromatic rings. The van der Waals surface area contributed by atoms with Crippen LogP contribution in [-0.4, -0.2) is 10.0 Å². The molecule has 1 N–H and O–H groups in total. The minimum Gasteiger partial charge on any atom is -0.508 e. The van der Waals surface area contributed by atoms with Gasteiger partial charge in [-0.1, -0.05) is 32.4 Å².